The Bertz CT molecular complexity index is 1020. The van der Waals surface area contributed by atoms with Crippen molar-refractivity contribution in [1.82, 2.24) is 9.97 Å². The van der Waals surface area contributed by atoms with Gasteiger partial charge in [-0.3, -0.25) is 4.79 Å². The smallest absolute Gasteiger partial charge is 0.260 e. The van der Waals surface area contributed by atoms with Crippen molar-refractivity contribution in [2.75, 3.05) is 0 Å². The Hall–Kier alpha value is -2.42. The maximum absolute atomic E-state index is 12.3. The number of aromatic amines is 1. The van der Waals surface area contributed by atoms with Gasteiger partial charge in [0.15, 0.2) is 5.82 Å². The van der Waals surface area contributed by atoms with Crippen molar-refractivity contribution in [3.8, 4) is 6.07 Å². The first kappa shape index (κ1) is 15.5. The van der Waals surface area contributed by atoms with Crippen LogP contribution in [-0.4, -0.2) is 9.97 Å². The predicted octanol–water partition coefficient (Wildman–Crippen LogP) is 4.32. The van der Waals surface area contributed by atoms with Gasteiger partial charge >= 0.3 is 0 Å². The van der Waals surface area contributed by atoms with Gasteiger partial charge in [-0.2, -0.15) is 5.26 Å². The van der Waals surface area contributed by atoms with Gasteiger partial charge in [0.2, 0.25) is 0 Å². The van der Waals surface area contributed by atoms with Gasteiger partial charge < -0.3 is 4.98 Å². The zero-order valence-corrected chi connectivity index (χ0v) is 14.0. The first-order valence-corrected chi connectivity index (χ1v) is 8.07. The number of nitrogens with zero attached hydrogens (tertiary/aromatic N) is 2. The van der Waals surface area contributed by atoms with E-state index in [2.05, 4.69) is 16.0 Å². The van der Waals surface area contributed by atoms with Crippen LogP contribution in [0.15, 0.2) is 29.1 Å². The molecule has 3 aromatic rings. The lowest BCUT2D eigenvalue weighted by atomic mass is 10.1. The lowest BCUT2D eigenvalue weighted by Crippen LogP contribution is -2.10. The number of benzene rings is 1. The normalized spacial score (nSPS) is 11.7. The molecule has 2 aromatic heterocycles. The van der Waals surface area contributed by atoms with E-state index >= 15 is 0 Å². The molecule has 6 heteroatoms. The average Bonchev–Trinajstić information content (AvgIpc) is 2.81. The molecule has 4 nitrogen and oxygen atoms in total. The van der Waals surface area contributed by atoms with Crippen molar-refractivity contribution >= 4 is 44.8 Å². The molecule has 0 aliphatic heterocycles. The fourth-order valence-corrected chi connectivity index (χ4v) is 3.42. The minimum atomic E-state index is -0.218. The van der Waals surface area contributed by atoms with Crippen molar-refractivity contribution in [3.05, 3.63) is 61.5 Å². The summed E-state index contributed by atoms with van der Waals surface area (Å²) in [5.41, 5.74) is 1.83. The van der Waals surface area contributed by atoms with Crippen LogP contribution in [0.4, 0.5) is 0 Å². The maximum atomic E-state index is 12.3. The summed E-state index contributed by atoms with van der Waals surface area (Å²) in [6, 6.07) is 9.19. The van der Waals surface area contributed by atoms with Gasteiger partial charge in [-0.1, -0.05) is 23.7 Å². The number of hydrogen-bond donors (Lipinski definition) is 1. The van der Waals surface area contributed by atoms with E-state index in [-0.39, 0.29) is 11.4 Å². The van der Waals surface area contributed by atoms with E-state index in [1.165, 1.54) is 11.3 Å². The largest absolute Gasteiger partial charge is 0.305 e. The zero-order valence-electron chi connectivity index (χ0n) is 12.5. The summed E-state index contributed by atoms with van der Waals surface area (Å²) in [6.45, 7) is 3.86. The second-order valence-corrected chi connectivity index (χ2v) is 6.74. The zero-order chi connectivity index (χ0) is 16.6. The Kier molecular flexibility index (Phi) is 4.03. The number of aryl methyl sites for hydroxylation is 2. The summed E-state index contributed by atoms with van der Waals surface area (Å²) >= 11 is 7.32. The number of thiophene rings is 1. The van der Waals surface area contributed by atoms with Crippen LogP contribution in [0.2, 0.25) is 5.02 Å². The van der Waals surface area contributed by atoms with Crippen LogP contribution in [0.25, 0.3) is 21.9 Å². The fraction of sp³-hybridized carbons (Fsp3) is 0.118. The number of allylic oxidation sites excluding steroid dienone is 1. The van der Waals surface area contributed by atoms with Crippen LogP contribution in [-0.2, 0) is 0 Å². The SMILES string of the molecule is Cc1sc2nc(/C(C#N)=C/c3ccc(Cl)cc3)[nH]c(=O)c2c1C. The van der Waals surface area contributed by atoms with E-state index in [9.17, 15) is 10.1 Å². The number of aromatic nitrogens is 2. The number of H-pyrrole nitrogens is 1. The van der Waals surface area contributed by atoms with Crippen LogP contribution >= 0.6 is 22.9 Å². The van der Waals surface area contributed by atoms with Crippen molar-refractivity contribution in [3.63, 3.8) is 0 Å². The van der Waals surface area contributed by atoms with Crippen molar-refractivity contribution in [1.29, 1.82) is 5.26 Å². The molecule has 0 atom stereocenters. The van der Waals surface area contributed by atoms with Crippen LogP contribution < -0.4 is 5.56 Å². The highest BCUT2D eigenvalue weighted by Crippen LogP contribution is 2.27. The molecule has 0 spiro atoms. The highest BCUT2D eigenvalue weighted by Gasteiger charge is 2.13. The second kappa shape index (κ2) is 5.99. The van der Waals surface area contributed by atoms with Gasteiger partial charge in [0, 0.05) is 9.90 Å². The summed E-state index contributed by atoms with van der Waals surface area (Å²) in [7, 11) is 0. The van der Waals surface area contributed by atoms with Gasteiger partial charge in [-0.25, -0.2) is 4.98 Å². The van der Waals surface area contributed by atoms with Crippen LogP contribution in [0.3, 0.4) is 0 Å². The summed E-state index contributed by atoms with van der Waals surface area (Å²) in [4.78, 5) is 21.2. The minimum Gasteiger partial charge on any atom is -0.305 e. The highest BCUT2D eigenvalue weighted by atomic mass is 35.5. The summed E-state index contributed by atoms with van der Waals surface area (Å²) in [6.07, 6.45) is 1.67. The molecule has 0 saturated carbocycles. The Morgan fingerprint density at radius 3 is 2.70 bits per heavy atom. The molecule has 2 heterocycles. The molecule has 0 amide bonds. The number of rotatable bonds is 2. The molecule has 0 aliphatic rings. The summed E-state index contributed by atoms with van der Waals surface area (Å²) < 4.78 is 0. The van der Waals surface area contributed by atoms with E-state index in [0.29, 0.717) is 20.8 Å². The van der Waals surface area contributed by atoms with Gasteiger partial charge in [0.05, 0.1) is 11.0 Å². The fourth-order valence-electron chi connectivity index (χ4n) is 2.26. The quantitative estimate of drug-likeness (QED) is 0.706. The molecule has 0 aliphatic carbocycles. The maximum Gasteiger partial charge on any atom is 0.260 e. The second-order valence-electron chi connectivity index (χ2n) is 5.10. The molecule has 0 fully saturated rings. The number of hydrogen-bond acceptors (Lipinski definition) is 4. The first-order chi connectivity index (χ1) is 11.0. The van der Waals surface area contributed by atoms with Gasteiger partial charge in [-0.15, -0.1) is 11.3 Å². The Balaban J connectivity index is 2.16. The van der Waals surface area contributed by atoms with E-state index in [0.717, 1.165) is 16.0 Å². The Morgan fingerprint density at radius 1 is 1.35 bits per heavy atom. The molecule has 3 rings (SSSR count). The molecule has 1 N–H and O–H groups in total. The lowest BCUT2D eigenvalue weighted by Gasteiger charge is -2.00. The molecule has 0 unspecified atom stereocenters. The molecule has 23 heavy (non-hydrogen) atoms. The molecule has 114 valence electrons. The standard InChI is InChI=1S/C17H12ClN3OS/c1-9-10(2)23-17-14(9)16(22)20-15(21-17)12(8-19)7-11-3-5-13(18)6-4-11/h3-7H,1-2H3,(H,20,21,22)/b12-7+. The van der Waals surface area contributed by atoms with E-state index in [1.54, 1.807) is 30.3 Å². The van der Waals surface area contributed by atoms with E-state index in [4.69, 9.17) is 11.6 Å². The molecule has 0 bridgehead atoms. The molecule has 0 radical (unpaired) electrons. The third kappa shape index (κ3) is 2.91. The van der Waals surface area contributed by atoms with Gasteiger partial charge in [0.1, 0.15) is 10.9 Å². The topological polar surface area (TPSA) is 69.5 Å². The van der Waals surface area contributed by atoms with Gasteiger partial charge in [-0.05, 0) is 43.2 Å². The number of nitriles is 1. The Labute approximate surface area is 141 Å². The lowest BCUT2D eigenvalue weighted by molar-refractivity contribution is 1.13. The molecule has 1 aromatic carbocycles. The summed E-state index contributed by atoms with van der Waals surface area (Å²) in [5, 5.41) is 10.6. The van der Waals surface area contributed by atoms with Gasteiger partial charge in [0.25, 0.3) is 5.56 Å². The van der Waals surface area contributed by atoms with Crippen molar-refractivity contribution in [2.45, 2.75) is 13.8 Å². The predicted molar refractivity (Wildman–Crippen MR) is 94.7 cm³/mol. The molecular weight excluding hydrogens is 330 g/mol. The van der Waals surface area contributed by atoms with Crippen LogP contribution in [0.5, 0.6) is 0 Å². The first-order valence-electron chi connectivity index (χ1n) is 6.87. The third-order valence-corrected chi connectivity index (χ3v) is 4.95. The average molecular weight is 342 g/mol. The van der Waals surface area contributed by atoms with Crippen LogP contribution in [0.1, 0.15) is 21.8 Å². The van der Waals surface area contributed by atoms with Crippen molar-refractivity contribution < 1.29 is 0 Å². The van der Waals surface area contributed by atoms with Crippen molar-refractivity contribution in [2.24, 2.45) is 0 Å². The highest BCUT2D eigenvalue weighted by molar-refractivity contribution is 7.18. The number of halogens is 1. The van der Waals surface area contributed by atoms with E-state index < -0.39 is 0 Å². The van der Waals surface area contributed by atoms with E-state index in [1.807, 2.05) is 13.8 Å². The monoisotopic (exact) mass is 341 g/mol. The third-order valence-electron chi connectivity index (χ3n) is 3.60. The molecular formula is C17H12ClN3OS. The number of fused-ring (bicyclic) bond motifs is 1. The minimum absolute atomic E-state index is 0.218. The summed E-state index contributed by atoms with van der Waals surface area (Å²) in [5.74, 6) is 0.279. The Morgan fingerprint density at radius 2 is 2.04 bits per heavy atom. The number of nitrogens with one attached hydrogen (secondary N) is 1. The van der Waals surface area contributed by atoms with Crippen LogP contribution in [0, 0.1) is 25.2 Å². The molecule has 0 saturated heterocycles.